The second kappa shape index (κ2) is 9.96. The van der Waals surface area contributed by atoms with Crippen LogP contribution in [-0.4, -0.2) is 50.0 Å². The quantitative estimate of drug-likeness (QED) is 0.715. The molecule has 0 unspecified atom stereocenters. The molecule has 7 nitrogen and oxygen atoms in total. The molecule has 29 heavy (non-hydrogen) atoms. The lowest BCUT2D eigenvalue weighted by Gasteiger charge is -2.32. The van der Waals surface area contributed by atoms with Crippen molar-refractivity contribution < 1.29 is 9.53 Å². The van der Waals surface area contributed by atoms with E-state index in [1.165, 1.54) is 32.1 Å². The van der Waals surface area contributed by atoms with Crippen molar-refractivity contribution >= 4 is 5.91 Å². The van der Waals surface area contributed by atoms with Crippen LogP contribution >= 0.6 is 0 Å². The van der Waals surface area contributed by atoms with Gasteiger partial charge in [-0.05, 0) is 37.3 Å². The van der Waals surface area contributed by atoms with E-state index in [0.717, 1.165) is 44.0 Å². The summed E-state index contributed by atoms with van der Waals surface area (Å²) >= 11 is 0. The highest BCUT2D eigenvalue weighted by molar-refractivity contribution is 5.92. The third-order valence-corrected chi connectivity index (χ3v) is 6.11. The van der Waals surface area contributed by atoms with E-state index in [2.05, 4.69) is 15.3 Å². The van der Waals surface area contributed by atoms with Crippen LogP contribution in [0.4, 0.5) is 0 Å². The van der Waals surface area contributed by atoms with E-state index >= 15 is 0 Å². The molecule has 0 bridgehead atoms. The molecule has 1 atom stereocenters. The van der Waals surface area contributed by atoms with Gasteiger partial charge in [-0.3, -0.25) is 14.5 Å². The second-order valence-electron chi connectivity index (χ2n) is 8.31. The number of ether oxygens (including phenoxy) is 1. The Morgan fingerprint density at radius 2 is 2.03 bits per heavy atom. The predicted molar refractivity (Wildman–Crippen MR) is 109 cm³/mol. The minimum Gasteiger partial charge on any atom is -0.370 e. The fourth-order valence-electron chi connectivity index (χ4n) is 4.40. The third kappa shape index (κ3) is 5.63. The zero-order chi connectivity index (χ0) is 19.9. The smallest absolute Gasteiger partial charge is 0.276 e. The van der Waals surface area contributed by atoms with Crippen molar-refractivity contribution in [3.63, 3.8) is 0 Å². The number of rotatable bonds is 7. The normalized spacial score (nSPS) is 20.7. The van der Waals surface area contributed by atoms with Gasteiger partial charge in [0.15, 0.2) is 5.69 Å². The van der Waals surface area contributed by atoms with Crippen LogP contribution in [0.3, 0.4) is 0 Å². The largest absolute Gasteiger partial charge is 0.370 e. The van der Waals surface area contributed by atoms with Crippen LogP contribution in [0.25, 0.3) is 0 Å². The fraction of sp³-hybridized carbons (Fsp3) is 0.636. The van der Waals surface area contributed by atoms with Gasteiger partial charge in [-0.1, -0.05) is 43.4 Å². The number of aryl methyl sites for hydroxylation is 1. The van der Waals surface area contributed by atoms with E-state index in [4.69, 9.17) is 4.74 Å². The molecule has 1 aliphatic carbocycles. The van der Waals surface area contributed by atoms with Crippen molar-refractivity contribution in [2.45, 2.75) is 70.6 Å². The van der Waals surface area contributed by atoms with E-state index in [0.29, 0.717) is 18.8 Å². The molecule has 2 fully saturated rings. The molecule has 0 N–H and O–H groups in total. The zero-order valence-corrected chi connectivity index (χ0v) is 17.1. The van der Waals surface area contributed by atoms with Gasteiger partial charge < -0.3 is 9.64 Å². The van der Waals surface area contributed by atoms with Crippen LogP contribution in [0.5, 0.6) is 0 Å². The molecule has 7 heteroatoms. The Balaban J connectivity index is 1.26. The highest BCUT2D eigenvalue weighted by Gasteiger charge is 2.27. The molecule has 1 amide bonds. The van der Waals surface area contributed by atoms with Crippen molar-refractivity contribution in [3.05, 3.63) is 42.0 Å². The first-order chi connectivity index (χ1) is 14.3. The molecule has 2 aromatic rings. The summed E-state index contributed by atoms with van der Waals surface area (Å²) in [6.45, 7) is 2.67. The maximum absolute atomic E-state index is 12.9. The molecule has 0 radical (unpaired) electrons. The number of carbonyl (C=O) groups is 1. The molecule has 1 aliphatic heterocycles. The summed E-state index contributed by atoms with van der Waals surface area (Å²) in [6, 6.07) is 5.81. The molecule has 2 aliphatic rings. The van der Waals surface area contributed by atoms with Gasteiger partial charge in [0, 0.05) is 25.8 Å². The fourth-order valence-corrected chi connectivity index (χ4v) is 4.40. The van der Waals surface area contributed by atoms with Gasteiger partial charge in [-0.25, -0.2) is 0 Å². The molecule has 1 saturated heterocycles. The van der Waals surface area contributed by atoms with E-state index in [9.17, 15) is 4.79 Å². The number of pyridine rings is 1. The topological polar surface area (TPSA) is 73.1 Å². The van der Waals surface area contributed by atoms with Gasteiger partial charge in [0.1, 0.15) is 0 Å². The van der Waals surface area contributed by atoms with Crippen LogP contribution in [0.15, 0.2) is 30.6 Å². The molecule has 3 heterocycles. The number of hydrogen-bond acceptors (Lipinski definition) is 5. The van der Waals surface area contributed by atoms with Crippen LogP contribution in [-0.2, 0) is 17.9 Å². The van der Waals surface area contributed by atoms with Crippen molar-refractivity contribution in [2.75, 3.05) is 13.1 Å². The third-order valence-electron chi connectivity index (χ3n) is 6.11. The molecule has 0 aromatic carbocycles. The Labute approximate surface area is 172 Å². The maximum Gasteiger partial charge on any atom is 0.276 e. The van der Waals surface area contributed by atoms with Gasteiger partial charge in [0.25, 0.3) is 5.91 Å². The van der Waals surface area contributed by atoms with E-state index < -0.39 is 0 Å². The van der Waals surface area contributed by atoms with Crippen LogP contribution < -0.4 is 0 Å². The number of hydrogen-bond donors (Lipinski definition) is 0. The number of amides is 1. The van der Waals surface area contributed by atoms with Crippen LogP contribution in [0, 0.1) is 5.92 Å². The van der Waals surface area contributed by atoms with Gasteiger partial charge in [0.2, 0.25) is 0 Å². The van der Waals surface area contributed by atoms with Crippen molar-refractivity contribution in [2.24, 2.45) is 5.92 Å². The maximum atomic E-state index is 12.9. The summed E-state index contributed by atoms with van der Waals surface area (Å²) in [5, 5.41) is 8.34. The lowest BCUT2D eigenvalue weighted by Crippen LogP contribution is -2.43. The number of piperidine rings is 1. The summed E-state index contributed by atoms with van der Waals surface area (Å²) in [5.74, 6) is 0.756. The molecular weight excluding hydrogens is 366 g/mol. The summed E-state index contributed by atoms with van der Waals surface area (Å²) in [4.78, 5) is 19.0. The minimum absolute atomic E-state index is 0.0380. The predicted octanol–water partition coefficient (Wildman–Crippen LogP) is 3.46. The average molecular weight is 398 g/mol. The molecule has 1 saturated carbocycles. The van der Waals surface area contributed by atoms with Crippen LogP contribution in [0.1, 0.15) is 67.5 Å². The Hall–Kier alpha value is -2.28. The van der Waals surface area contributed by atoms with E-state index in [1.807, 2.05) is 34.0 Å². The minimum atomic E-state index is -0.0416. The Morgan fingerprint density at radius 3 is 2.86 bits per heavy atom. The SMILES string of the molecule is O=C(c1cn(CCC2CCCCC2)nn1)N1CCC[C@H](OCc2ccccn2)C1. The first-order valence-electron chi connectivity index (χ1n) is 11.0. The summed E-state index contributed by atoms with van der Waals surface area (Å²) < 4.78 is 7.83. The number of aromatic nitrogens is 4. The van der Waals surface area contributed by atoms with Gasteiger partial charge in [0.05, 0.1) is 24.6 Å². The zero-order valence-electron chi connectivity index (χ0n) is 17.1. The Kier molecular flexibility index (Phi) is 6.87. The van der Waals surface area contributed by atoms with Gasteiger partial charge in [-0.15, -0.1) is 5.10 Å². The summed E-state index contributed by atoms with van der Waals surface area (Å²) in [5.41, 5.74) is 1.36. The van der Waals surface area contributed by atoms with Crippen molar-refractivity contribution in [1.82, 2.24) is 24.9 Å². The number of likely N-dealkylation sites (tertiary alicyclic amines) is 1. The molecule has 4 rings (SSSR count). The number of carbonyl (C=O) groups excluding carboxylic acids is 1. The highest BCUT2D eigenvalue weighted by Crippen LogP contribution is 2.26. The lowest BCUT2D eigenvalue weighted by atomic mass is 9.87. The molecule has 156 valence electrons. The molecule has 2 aromatic heterocycles. The van der Waals surface area contributed by atoms with Crippen molar-refractivity contribution in [1.29, 1.82) is 0 Å². The molecular formula is C22H31N5O2. The lowest BCUT2D eigenvalue weighted by molar-refractivity contribution is -0.00801. The van der Waals surface area contributed by atoms with Gasteiger partial charge in [-0.2, -0.15) is 0 Å². The highest BCUT2D eigenvalue weighted by atomic mass is 16.5. The van der Waals surface area contributed by atoms with E-state index in [-0.39, 0.29) is 12.0 Å². The Bertz CT molecular complexity index is 773. The first-order valence-corrected chi connectivity index (χ1v) is 11.0. The monoisotopic (exact) mass is 397 g/mol. The van der Waals surface area contributed by atoms with Crippen molar-refractivity contribution in [3.8, 4) is 0 Å². The Morgan fingerprint density at radius 1 is 1.14 bits per heavy atom. The summed E-state index contributed by atoms with van der Waals surface area (Å²) in [6.07, 6.45) is 13.4. The standard InChI is InChI=1S/C22H31N5O2/c28-22(21-16-27(25-24-21)14-11-18-7-2-1-3-8-18)26-13-6-10-20(15-26)29-17-19-9-4-5-12-23-19/h4-5,9,12,16,18,20H,1-3,6-8,10-11,13-15,17H2/t20-/m0/s1. The first kappa shape index (κ1) is 20.0. The van der Waals surface area contributed by atoms with Crippen LogP contribution in [0.2, 0.25) is 0 Å². The summed E-state index contributed by atoms with van der Waals surface area (Å²) in [7, 11) is 0. The average Bonchev–Trinajstić information content (AvgIpc) is 3.26. The van der Waals surface area contributed by atoms with Gasteiger partial charge >= 0.3 is 0 Å². The van der Waals surface area contributed by atoms with E-state index in [1.54, 1.807) is 6.20 Å². The second-order valence-corrected chi connectivity index (χ2v) is 8.31. The molecule has 0 spiro atoms. The number of nitrogens with zero attached hydrogens (tertiary/aromatic N) is 5.